The largest absolute Gasteiger partial charge is 0.337 e. The molecule has 1 aromatic rings. The van der Waals surface area contributed by atoms with Crippen LogP contribution in [0.3, 0.4) is 0 Å². The van der Waals surface area contributed by atoms with E-state index in [0.717, 1.165) is 12.7 Å². The molecule has 2 amide bonds. The fraction of sp³-hybridized carbons (Fsp3) is 0.500. The summed E-state index contributed by atoms with van der Waals surface area (Å²) in [4.78, 5) is 27.5. The van der Waals surface area contributed by atoms with Crippen molar-refractivity contribution < 1.29 is 22.4 Å². The van der Waals surface area contributed by atoms with Gasteiger partial charge in [-0.25, -0.2) is 17.5 Å². The first-order chi connectivity index (χ1) is 11.7. The number of halogens is 1. The number of carbonyl (C=O) groups excluding carboxylic acids is 2. The van der Waals surface area contributed by atoms with Crippen LogP contribution in [0.1, 0.15) is 29.6 Å². The summed E-state index contributed by atoms with van der Waals surface area (Å²) in [5.41, 5.74) is 0.412. The average Bonchev–Trinajstić information content (AvgIpc) is 3.15. The zero-order chi connectivity index (χ0) is 18.2. The van der Waals surface area contributed by atoms with Gasteiger partial charge in [0.2, 0.25) is 15.9 Å². The van der Waals surface area contributed by atoms with Gasteiger partial charge < -0.3 is 9.80 Å². The predicted molar refractivity (Wildman–Crippen MR) is 90.3 cm³/mol. The van der Waals surface area contributed by atoms with Crippen molar-refractivity contribution in [2.24, 2.45) is 0 Å². The van der Waals surface area contributed by atoms with Gasteiger partial charge in [0.25, 0.3) is 5.91 Å². The Morgan fingerprint density at radius 2 is 2.08 bits per heavy atom. The Morgan fingerprint density at radius 3 is 2.72 bits per heavy atom. The van der Waals surface area contributed by atoms with E-state index in [1.807, 2.05) is 0 Å². The second kappa shape index (κ2) is 6.72. The summed E-state index contributed by atoms with van der Waals surface area (Å²) in [6.45, 7) is 1.10. The average molecular weight is 369 g/mol. The fourth-order valence-electron chi connectivity index (χ4n) is 3.28. The Hall–Kier alpha value is -2.00. The maximum absolute atomic E-state index is 14.2. The highest BCUT2D eigenvalue weighted by Crippen LogP contribution is 2.25. The molecule has 0 spiro atoms. The van der Waals surface area contributed by atoms with E-state index in [0.29, 0.717) is 31.6 Å². The Bertz CT molecular complexity index is 812. The second-order valence-electron chi connectivity index (χ2n) is 6.44. The lowest BCUT2D eigenvalue weighted by Crippen LogP contribution is -2.38. The monoisotopic (exact) mass is 369 g/mol. The van der Waals surface area contributed by atoms with Crippen molar-refractivity contribution in [3.05, 3.63) is 29.6 Å². The van der Waals surface area contributed by atoms with E-state index >= 15 is 0 Å². The molecule has 1 aromatic carbocycles. The minimum Gasteiger partial charge on any atom is -0.337 e. The highest BCUT2D eigenvalue weighted by atomic mass is 32.2. The molecule has 0 unspecified atom stereocenters. The summed E-state index contributed by atoms with van der Waals surface area (Å²) >= 11 is 0. The third-order valence-electron chi connectivity index (χ3n) is 4.42. The number of benzene rings is 1. The molecule has 25 heavy (non-hydrogen) atoms. The minimum absolute atomic E-state index is 0.0383. The first-order valence-corrected chi connectivity index (χ1v) is 10.0. The highest BCUT2D eigenvalue weighted by molar-refractivity contribution is 7.88. The van der Waals surface area contributed by atoms with E-state index in [1.54, 1.807) is 4.90 Å². The third-order valence-corrected chi connectivity index (χ3v) is 5.18. The van der Waals surface area contributed by atoms with Gasteiger partial charge in [0.1, 0.15) is 5.82 Å². The zero-order valence-electron chi connectivity index (χ0n) is 13.9. The molecular weight excluding hydrogens is 349 g/mol. The quantitative estimate of drug-likeness (QED) is 0.847. The van der Waals surface area contributed by atoms with Crippen molar-refractivity contribution >= 4 is 27.5 Å². The smallest absolute Gasteiger partial charge is 0.256 e. The van der Waals surface area contributed by atoms with Gasteiger partial charge in [-0.1, -0.05) is 0 Å². The molecule has 9 heteroatoms. The van der Waals surface area contributed by atoms with Crippen LogP contribution in [0, 0.1) is 5.82 Å². The van der Waals surface area contributed by atoms with Crippen molar-refractivity contribution in [2.75, 3.05) is 30.8 Å². The molecule has 1 N–H and O–H groups in total. The van der Waals surface area contributed by atoms with Gasteiger partial charge in [-0.2, -0.15) is 0 Å². The summed E-state index contributed by atoms with van der Waals surface area (Å²) in [7, 11) is -3.36. The Labute approximate surface area is 145 Å². The van der Waals surface area contributed by atoms with Crippen LogP contribution in [0.5, 0.6) is 0 Å². The molecule has 2 aliphatic rings. The number of anilines is 1. The lowest BCUT2D eigenvalue weighted by atomic mass is 10.1. The number of nitrogens with one attached hydrogen (secondary N) is 1. The van der Waals surface area contributed by atoms with E-state index < -0.39 is 21.7 Å². The van der Waals surface area contributed by atoms with Gasteiger partial charge in [-0.15, -0.1) is 0 Å². The van der Waals surface area contributed by atoms with Crippen LogP contribution in [0.4, 0.5) is 10.1 Å². The summed E-state index contributed by atoms with van der Waals surface area (Å²) in [5.74, 6) is -1.19. The van der Waals surface area contributed by atoms with Crippen LogP contribution >= 0.6 is 0 Å². The Balaban J connectivity index is 1.77. The number of nitrogens with zero attached hydrogens (tertiary/aromatic N) is 2. The SMILES string of the molecule is CS(=O)(=O)N[C@H]1CCN(C(=O)c2cc(N3CCCC3=O)ccc2F)C1. The fourth-order valence-corrected chi connectivity index (χ4v) is 4.08. The van der Waals surface area contributed by atoms with Crippen LogP contribution in [0.25, 0.3) is 0 Å². The number of hydrogen-bond acceptors (Lipinski definition) is 4. The Morgan fingerprint density at radius 1 is 1.32 bits per heavy atom. The van der Waals surface area contributed by atoms with Crippen LogP contribution in [0.15, 0.2) is 18.2 Å². The van der Waals surface area contributed by atoms with E-state index in [4.69, 9.17) is 0 Å². The van der Waals surface area contributed by atoms with Crippen LogP contribution in [-0.4, -0.2) is 57.1 Å². The maximum atomic E-state index is 14.2. The van der Waals surface area contributed by atoms with E-state index in [1.165, 1.54) is 23.1 Å². The van der Waals surface area contributed by atoms with E-state index in [-0.39, 0.29) is 24.1 Å². The minimum atomic E-state index is -3.36. The molecule has 0 bridgehead atoms. The molecule has 3 rings (SSSR count). The van der Waals surface area contributed by atoms with Gasteiger partial charge in [0, 0.05) is 37.8 Å². The van der Waals surface area contributed by atoms with Crippen molar-refractivity contribution in [1.82, 2.24) is 9.62 Å². The Kier molecular flexibility index (Phi) is 4.79. The van der Waals surface area contributed by atoms with Gasteiger partial charge in [0.05, 0.1) is 11.8 Å². The molecular formula is C16H20FN3O4S. The number of amides is 2. The molecule has 7 nitrogen and oxygen atoms in total. The molecule has 0 aromatic heterocycles. The summed E-state index contributed by atoms with van der Waals surface area (Å²) < 4.78 is 39.2. The van der Waals surface area contributed by atoms with Crippen LogP contribution < -0.4 is 9.62 Å². The number of sulfonamides is 1. The first kappa shape index (κ1) is 17.8. The number of likely N-dealkylation sites (tertiary alicyclic amines) is 1. The van der Waals surface area contributed by atoms with Crippen LogP contribution in [0.2, 0.25) is 0 Å². The zero-order valence-corrected chi connectivity index (χ0v) is 14.7. The van der Waals surface area contributed by atoms with Crippen molar-refractivity contribution in [1.29, 1.82) is 0 Å². The lowest BCUT2D eigenvalue weighted by molar-refractivity contribution is -0.117. The maximum Gasteiger partial charge on any atom is 0.256 e. The van der Waals surface area contributed by atoms with E-state index in [9.17, 15) is 22.4 Å². The summed E-state index contributed by atoms with van der Waals surface area (Å²) in [6.07, 6.45) is 2.73. The molecule has 0 saturated carbocycles. The predicted octanol–water partition coefficient (Wildman–Crippen LogP) is 0.716. The van der Waals surface area contributed by atoms with Gasteiger partial charge >= 0.3 is 0 Å². The third kappa shape index (κ3) is 3.98. The highest BCUT2D eigenvalue weighted by Gasteiger charge is 2.31. The molecule has 1 atom stereocenters. The molecule has 0 radical (unpaired) electrons. The van der Waals surface area contributed by atoms with Gasteiger partial charge in [-0.05, 0) is 31.0 Å². The first-order valence-electron chi connectivity index (χ1n) is 8.11. The topological polar surface area (TPSA) is 86.8 Å². The molecule has 2 saturated heterocycles. The number of hydrogen-bond donors (Lipinski definition) is 1. The molecule has 0 aliphatic carbocycles. The normalized spacial score (nSPS) is 21.2. The van der Waals surface area contributed by atoms with Crippen molar-refractivity contribution in [3.8, 4) is 0 Å². The van der Waals surface area contributed by atoms with Crippen LogP contribution in [-0.2, 0) is 14.8 Å². The number of rotatable bonds is 4. The standard InChI is InChI=1S/C16H20FN3O4S/c1-25(23,24)18-11-6-8-19(10-11)16(22)13-9-12(4-5-14(13)17)20-7-2-3-15(20)21/h4-5,9,11,18H,2-3,6-8,10H2,1H3/t11-/m0/s1. The summed E-state index contributed by atoms with van der Waals surface area (Å²) in [5, 5.41) is 0. The van der Waals surface area contributed by atoms with Gasteiger partial charge in [-0.3, -0.25) is 9.59 Å². The van der Waals surface area contributed by atoms with Gasteiger partial charge in [0.15, 0.2) is 0 Å². The summed E-state index contributed by atoms with van der Waals surface area (Å²) in [6, 6.07) is 3.72. The second-order valence-corrected chi connectivity index (χ2v) is 8.22. The van der Waals surface area contributed by atoms with E-state index in [2.05, 4.69) is 4.72 Å². The lowest BCUT2D eigenvalue weighted by Gasteiger charge is -2.20. The number of carbonyl (C=O) groups is 2. The van der Waals surface area contributed by atoms with Crippen molar-refractivity contribution in [2.45, 2.75) is 25.3 Å². The molecule has 136 valence electrons. The molecule has 2 aliphatic heterocycles. The molecule has 2 heterocycles. The van der Waals surface area contributed by atoms with Crippen molar-refractivity contribution in [3.63, 3.8) is 0 Å². The molecule has 2 fully saturated rings.